The first-order valence-corrected chi connectivity index (χ1v) is 27.6. The van der Waals surface area contributed by atoms with E-state index in [1.807, 2.05) is 13.8 Å². The number of allylic oxidation sites excluding steroid dienone is 4. The Labute approximate surface area is 438 Å². The van der Waals surface area contributed by atoms with Gasteiger partial charge in [0.1, 0.15) is 6.29 Å². The van der Waals surface area contributed by atoms with Crippen LogP contribution in [0.3, 0.4) is 0 Å². The fraction of sp³-hybridized carbons (Fsp3) is 0.633. The summed E-state index contributed by atoms with van der Waals surface area (Å²) in [5, 5.41) is 0. The van der Waals surface area contributed by atoms with Gasteiger partial charge < -0.3 is 30.2 Å². The number of hydrogen-bond donors (Lipinski definition) is 0. The molecule has 0 amide bonds. The second kappa shape index (κ2) is 26.3. The number of aldehydes is 1. The summed E-state index contributed by atoms with van der Waals surface area (Å²) in [6, 6.07) is 14.2. The normalized spacial score (nSPS) is 24.3. The number of carbonyl (C=O) groups excluding carboxylic acids is 3. The molecule has 8 nitrogen and oxygen atoms in total. The zero-order valence-electron chi connectivity index (χ0n) is 47.1. The second-order valence-corrected chi connectivity index (χ2v) is 24.9. The molecule has 2 saturated carbocycles. The van der Waals surface area contributed by atoms with E-state index in [0.717, 1.165) is 24.7 Å². The molecule has 386 valence electrons. The number of ether oxygens (including phenoxy) is 2. The van der Waals surface area contributed by atoms with Crippen LogP contribution < -0.4 is 18.9 Å². The van der Waals surface area contributed by atoms with Crippen LogP contribution in [0.2, 0.25) is 0 Å². The molecule has 2 aromatic carbocycles. The van der Waals surface area contributed by atoms with E-state index in [0.29, 0.717) is 37.9 Å². The summed E-state index contributed by atoms with van der Waals surface area (Å²) in [5.74, 6) is 0.0448. The SMILES string of the molecule is CC1(C)CCC(C)(C)c2cc([C@@]3(C)C[C@H]3C=O)ccc21.CCOC(=O)/C=C(C)/C=C/[C@@H]1C[C@]1(C)c1ccc2c(c1)C(C)(C)CCC2(C)C.CCOC(=O)/C=C(\C)CP(=O)(OCC)OCC.[CH2-]CCC.[Li+]. The van der Waals surface area contributed by atoms with Crippen LogP contribution >= 0.6 is 7.60 Å². The number of benzene rings is 2. The maximum Gasteiger partial charge on any atom is 1.00 e. The van der Waals surface area contributed by atoms with E-state index in [2.05, 4.69) is 132 Å². The number of hydrogen-bond acceptors (Lipinski definition) is 8. The number of rotatable bonds is 16. The first-order chi connectivity index (χ1) is 32.1. The largest absolute Gasteiger partial charge is 1.00 e. The van der Waals surface area contributed by atoms with Crippen molar-refractivity contribution in [2.75, 3.05) is 32.6 Å². The molecule has 6 rings (SSSR count). The van der Waals surface area contributed by atoms with Crippen molar-refractivity contribution in [2.24, 2.45) is 11.8 Å². The Hall–Kier alpha value is -2.98. The molecular formula is C60H92LiO8P. The number of unbranched alkanes of at least 4 members (excludes halogenated alkanes) is 1. The summed E-state index contributed by atoms with van der Waals surface area (Å²) in [6.07, 6.45) is 17.9. The molecule has 0 unspecified atom stereocenters. The third-order valence-corrected chi connectivity index (χ3v) is 17.3. The van der Waals surface area contributed by atoms with Crippen LogP contribution in [0.25, 0.3) is 0 Å². The molecule has 10 heteroatoms. The molecule has 2 fully saturated rings. The van der Waals surface area contributed by atoms with Crippen molar-refractivity contribution in [3.05, 3.63) is 112 Å². The molecule has 2 aromatic rings. The van der Waals surface area contributed by atoms with Gasteiger partial charge in [-0.1, -0.05) is 137 Å². The first kappa shape index (κ1) is 63.1. The van der Waals surface area contributed by atoms with Gasteiger partial charge in [0.2, 0.25) is 0 Å². The van der Waals surface area contributed by atoms with E-state index in [-0.39, 0.29) is 69.4 Å². The van der Waals surface area contributed by atoms with Crippen molar-refractivity contribution < 1.29 is 56.3 Å². The summed E-state index contributed by atoms with van der Waals surface area (Å²) in [5.41, 5.74) is 11.8. The van der Waals surface area contributed by atoms with E-state index < -0.39 is 13.6 Å². The van der Waals surface area contributed by atoms with Gasteiger partial charge in [0.15, 0.2) is 0 Å². The van der Waals surface area contributed by atoms with Crippen molar-refractivity contribution >= 4 is 25.8 Å². The average molecular weight is 979 g/mol. The van der Waals surface area contributed by atoms with Crippen LogP contribution in [-0.2, 0) is 70.0 Å². The van der Waals surface area contributed by atoms with Gasteiger partial charge in [0.05, 0.1) is 32.6 Å². The van der Waals surface area contributed by atoms with Crippen molar-refractivity contribution in [1.82, 2.24) is 0 Å². The molecule has 4 aliphatic rings. The molecule has 0 saturated heterocycles. The van der Waals surface area contributed by atoms with Crippen molar-refractivity contribution in [2.45, 2.75) is 202 Å². The Morgan fingerprint density at radius 1 is 0.629 bits per heavy atom. The Bertz CT molecular complexity index is 2200. The predicted molar refractivity (Wildman–Crippen MR) is 286 cm³/mol. The van der Waals surface area contributed by atoms with Gasteiger partial charge in [0, 0.05) is 23.5 Å². The van der Waals surface area contributed by atoms with Crippen LogP contribution in [0.4, 0.5) is 0 Å². The number of esters is 2. The van der Waals surface area contributed by atoms with Crippen LogP contribution in [0, 0.1) is 18.8 Å². The molecule has 0 spiro atoms. The number of carbonyl (C=O) groups is 3. The molecule has 4 aliphatic carbocycles. The first-order valence-electron chi connectivity index (χ1n) is 25.9. The van der Waals surface area contributed by atoms with Crippen molar-refractivity contribution in [3.63, 3.8) is 0 Å². The fourth-order valence-electron chi connectivity index (χ4n) is 9.77. The molecule has 0 radical (unpaired) electrons. The Morgan fingerprint density at radius 2 is 1.01 bits per heavy atom. The minimum Gasteiger partial charge on any atom is -0.463 e. The van der Waals surface area contributed by atoms with Gasteiger partial charge in [-0.25, -0.2) is 9.59 Å². The molecule has 0 aromatic heterocycles. The monoisotopic (exact) mass is 979 g/mol. The molecule has 0 aliphatic heterocycles. The summed E-state index contributed by atoms with van der Waals surface area (Å²) >= 11 is 0. The maximum absolute atomic E-state index is 12.1. The topological polar surface area (TPSA) is 105 Å². The van der Waals surface area contributed by atoms with Gasteiger partial charge in [-0.15, -0.1) is 0 Å². The fourth-order valence-corrected chi connectivity index (χ4v) is 11.5. The molecule has 70 heavy (non-hydrogen) atoms. The Morgan fingerprint density at radius 3 is 1.39 bits per heavy atom. The van der Waals surface area contributed by atoms with Crippen LogP contribution in [0.1, 0.15) is 202 Å². The average Bonchev–Trinajstić information content (AvgIpc) is 4.17. The minimum absolute atomic E-state index is 0. The van der Waals surface area contributed by atoms with Gasteiger partial charge >= 0.3 is 38.4 Å². The predicted octanol–water partition coefficient (Wildman–Crippen LogP) is 12.3. The standard InChI is InChI=1S/C26H36O2.C19H26O.C11H21O5P.C4H9.Li/c1-8-28-23(27)15-18(2)9-10-20-17-26(20,7)19-11-12-21-22(16-19)25(5,6)14-13-24(21,3)4;1-17(2)8-9-18(3,4)16-10-13(6-7-15(16)17)19(5)11-14(19)12-20;1-5-14-11(12)8-10(4)9-17(13,15-6-2)16-7-3;1-3-4-2;/h9-12,15-16,20H,8,13-14,17H2,1-7H3;6-7,10,12,14H,8-9,11H2,1-5H3;8H,5-7,9H2,1-4H3;1,3-4H2,2H3;/q;;;-1;+1/b10-9+,18-15+;;10-8+;;/t20-,26-;14-,19+;;;/m10.../s1. The van der Waals surface area contributed by atoms with Gasteiger partial charge in [-0.2, -0.15) is 6.42 Å². The quantitative estimate of drug-likeness (QED) is 0.0311. The zero-order chi connectivity index (χ0) is 52.2. The number of fused-ring (bicyclic) bond motifs is 2. The van der Waals surface area contributed by atoms with E-state index in [1.165, 1.54) is 78.0 Å². The third kappa shape index (κ3) is 16.8. The summed E-state index contributed by atoms with van der Waals surface area (Å²) in [7, 11) is -3.13. The van der Waals surface area contributed by atoms with Crippen molar-refractivity contribution in [1.29, 1.82) is 0 Å². The summed E-state index contributed by atoms with van der Waals surface area (Å²) < 4.78 is 32.1. The van der Waals surface area contributed by atoms with Gasteiger partial charge in [-0.3, -0.25) is 4.57 Å². The van der Waals surface area contributed by atoms with E-state index in [1.54, 1.807) is 33.8 Å². The third-order valence-electron chi connectivity index (χ3n) is 15.1. The Kier molecular flexibility index (Phi) is 23.7. The molecule has 0 heterocycles. The van der Waals surface area contributed by atoms with Gasteiger partial charge in [0.25, 0.3) is 0 Å². The second-order valence-electron chi connectivity index (χ2n) is 22.8. The van der Waals surface area contributed by atoms with E-state index in [4.69, 9.17) is 18.5 Å². The van der Waals surface area contributed by atoms with E-state index in [9.17, 15) is 18.9 Å². The maximum atomic E-state index is 12.1. The molecular weight excluding hydrogens is 887 g/mol. The van der Waals surface area contributed by atoms with Crippen molar-refractivity contribution in [3.8, 4) is 0 Å². The Balaban J connectivity index is 0.000000355. The van der Waals surface area contributed by atoms with Crippen LogP contribution in [0.5, 0.6) is 0 Å². The summed E-state index contributed by atoms with van der Waals surface area (Å²) in [4.78, 5) is 33.8. The zero-order valence-corrected chi connectivity index (χ0v) is 48.0. The molecule has 0 N–H and O–H groups in total. The van der Waals surface area contributed by atoms with Crippen LogP contribution in [0.15, 0.2) is 71.8 Å². The summed E-state index contributed by atoms with van der Waals surface area (Å²) in [6.45, 7) is 41.3. The van der Waals surface area contributed by atoms with Gasteiger partial charge in [-0.05, 0) is 152 Å². The smallest absolute Gasteiger partial charge is 0.463 e. The molecule has 4 atom stereocenters. The molecule has 0 bridgehead atoms. The van der Waals surface area contributed by atoms with E-state index >= 15 is 0 Å². The minimum atomic E-state index is -3.13. The van der Waals surface area contributed by atoms with Crippen LogP contribution in [-0.4, -0.2) is 50.8 Å².